The molecule has 3 aromatic heterocycles. The first kappa shape index (κ1) is 17.5. The summed E-state index contributed by atoms with van der Waals surface area (Å²) in [4.78, 5) is 7.54. The maximum atomic E-state index is 6.39. The van der Waals surface area contributed by atoms with Gasteiger partial charge < -0.3 is 10.6 Å². The van der Waals surface area contributed by atoms with E-state index in [9.17, 15) is 0 Å². The van der Waals surface area contributed by atoms with Crippen molar-refractivity contribution >= 4 is 27.4 Å². The van der Waals surface area contributed by atoms with Gasteiger partial charge in [0.05, 0.1) is 22.6 Å². The fraction of sp³-hybridized carbons (Fsp3) is 0.500. The number of nitrogens with zero attached hydrogens (tertiary/aromatic N) is 6. The minimum Gasteiger partial charge on any atom is -0.383 e. The largest absolute Gasteiger partial charge is 0.383 e. The lowest BCUT2D eigenvalue weighted by atomic mass is 9.94. The van der Waals surface area contributed by atoms with Crippen molar-refractivity contribution in [3.63, 3.8) is 0 Å². The molecule has 26 heavy (non-hydrogen) atoms. The van der Waals surface area contributed by atoms with Gasteiger partial charge in [-0.2, -0.15) is 14.7 Å². The van der Waals surface area contributed by atoms with E-state index in [1.54, 1.807) is 9.20 Å². The Labute approximate surface area is 161 Å². The topological polar surface area (TPSA) is 77.3 Å². The molecule has 1 unspecified atom stereocenters. The van der Waals surface area contributed by atoms with E-state index in [2.05, 4.69) is 38.0 Å². The number of halogens is 1. The number of nitrogens with two attached hydrogens (primary N) is 1. The Morgan fingerprint density at radius 3 is 2.88 bits per heavy atom. The molecule has 1 saturated heterocycles. The second-order valence-corrected chi connectivity index (χ2v) is 7.83. The van der Waals surface area contributed by atoms with Gasteiger partial charge in [0, 0.05) is 36.8 Å². The summed E-state index contributed by atoms with van der Waals surface area (Å²) < 4.78 is 4.36. The van der Waals surface area contributed by atoms with Gasteiger partial charge >= 0.3 is 0 Å². The SMILES string of the molecule is CCCN1CCCC(c2nc3c(-c4cnn(C)c4)cnn3c(N)c2Br)C1. The van der Waals surface area contributed by atoms with Crippen molar-refractivity contribution in [3.8, 4) is 11.1 Å². The predicted octanol–water partition coefficient (Wildman–Crippen LogP) is 3.06. The van der Waals surface area contributed by atoms with Crippen LogP contribution in [0.2, 0.25) is 0 Å². The van der Waals surface area contributed by atoms with Crippen molar-refractivity contribution in [3.05, 3.63) is 28.8 Å². The lowest BCUT2D eigenvalue weighted by molar-refractivity contribution is 0.206. The van der Waals surface area contributed by atoms with E-state index in [1.807, 2.05) is 25.6 Å². The van der Waals surface area contributed by atoms with Crippen molar-refractivity contribution in [2.45, 2.75) is 32.1 Å². The highest BCUT2D eigenvalue weighted by Gasteiger charge is 2.26. The summed E-state index contributed by atoms with van der Waals surface area (Å²) >= 11 is 3.68. The van der Waals surface area contributed by atoms with Crippen LogP contribution in [0.1, 0.15) is 37.8 Å². The van der Waals surface area contributed by atoms with Crippen LogP contribution in [0.4, 0.5) is 5.82 Å². The normalized spacial score (nSPS) is 18.7. The number of nitrogen functional groups attached to an aromatic ring is 1. The van der Waals surface area contributed by atoms with Gasteiger partial charge in [0.2, 0.25) is 0 Å². The summed E-state index contributed by atoms with van der Waals surface area (Å²) in [5.74, 6) is 0.987. The molecule has 0 aliphatic carbocycles. The van der Waals surface area contributed by atoms with Crippen LogP contribution in [0.5, 0.6) is 0 Å². The molecule has 0 bridgehead atoms. The van der Waals surface area contributed by atoms with Crippen molar-refractivity contribution in [2.24, 2.45) is 7.05 Å². The molecule has 1 aliphatic heterocycles. The van der Waals surface area contributed by atoms with Crippen molar-refractivity contribution in [1.82, 2.24) is 29.3 Å². The Balaban J connectivity index is 1.79. The lowest BCUT2D eigenvalue weighted by Gasteiger charge is -2.32. The smallest absolute Gasteiger partial charge is 0.165 e. The van der Waals surface area contributed by atoms with Gasteiger partial charge in [-0.15, -0.1) is 0 Å². The van der Waals surface area contributed by atoms with E-state index in [0.29, 0.717) is 11.7 Å². The third-order valence-electron chi connectivity index (χ3n) is 5.10. The quantitative estimate of drug-likeness (QED) is 0.705. The van der Waals surface area contributed by atoms with Crippen LogP contribution in [0, 0.1) is 0 Å². The van der Waals surface area contributed by atoms with Crippen LogP contribution in [0.15, 0.2) is 23.1 Å². The van der Waals surface area contributed by atoms with Gasteiger partial charge in [0.25, 0.3) is 0 Å². The first-order valence-corrected chi connectivity index (χ1v) is 9.91. The van der Waals surface area contributed by atoms with Crippen LogP contribution in [0.25, 0.3) is 16.8 Å². The molecule has 0 saturated carbocycles. The van der Waals surface area contributed by atoms with E-state index in [0.717, 1.165) is 46.5 Å². The van der Waals surface area contributed by atoms with Crippen LogP contribution >= 0.6 is 15.9 Å². The molecular formula is C18H24BrN7. The standard InChI is InChI=1S/C18H24BrN7/c1-3-6-25-7-4-5-12(11-25)16-15(19)17(20)26-18(23-16)14(9-22-26)13-8-21-24(2)10-13/h8-10,12H,3-7,11,20H2,1-2H3. The van der Waals surface area contributed by atoms with Gasteiger partial charge in [-0.1, -0.05) is 6.92 Å². The third-order valence-corrected chi connectivity index (χ3v) is 5.91. The number of piperidine rings is 1. The van der Waals surface area contributed by atoms with E-state index >= 15 is 0 Å². The number of aromatic nitrogens is 5. The highest BCUT2D eigenvalue weighted by molar-refractivity contribution is 9.10. The maximum Gasteiger partial charge on any atom is 0.165 e. The fourth-order valence-electron chi connectivity index (χ4n) is 3.85. The Bertz CT molecular complexity index is 927. The van der Waals surface area contributed by atoms with Gasteiger partial charge in [-0.25, -0.2) is 4.98 Å². The van der Waals surface area contributed by atoms with E-state index in [-0.39, 0.29) is 0 Å². The summed E-state index contributed by atoms with van der Waals surface area (Å²) in [7, 11) is 1.91. The summed E-state index contributed by atoms with van der Waals surface area (Å²) in [6.45, 7) is 5.58. The molecule has 8 heteroatoms. The molecule has 1 aliphatic rings. The van der Waals surface area contributed by atoms with Crippen molar-refractivity contribution in [1.29, 1.82) is 0 Å². The van der Waals surface area contributed by atoms with Gasteiger partial charge in [0.15, 0.2) is 5.65 Å². The second-order valence-electron chi connectivity index (χ2n) is 7.03. The molecule has 3 aromatic rings. The highest BCUT2D eigenvalue weighted by atomic mass is 79.9. The van der Waals surface area contributed by atoms with Gasteiger partial charge in [-0.05, 0) is 48.3 Å². The molecule has 1 atom stereocenters. The molecule has 2 N–H and O–H groups in total. The zero-order valence-corrected chi connectivity index (χ0v) is 16.8. The first-order chi connectivity index (χ1) is 12.6. The number of likely N-dealkylation sites (tertiary alicyclic amines) is 1. The molecule has 7 nitrogen and oxygen atoms in total. The summed E-state index contributed by atoms with van der Waals surface area (Å²) in [5, 5.41) is 8.71. The number of rotatable bonds is 4. The van der Waals surface area contributed by atoms with E-state index in [1.165, 1.54) is 19.4 Å². The van der Waals surface area contributed by atoms with Crippen LogP contribution in [0.3, 0.4) is 0 Å². The number of fused-ring (bicyclic) bond motifs is 1. The van der Waals surface area contributed by atoms with Crippen molar-refractivity contribution < 1.29 is 0 Å². The molecule has 0 aromatic carbocycles. The number of hydrogen-bond donors (Lipinski definition) is 1. The van der Waals surface area contributed by atoms with E-state index in [4.69, 9.17) is 10.7 Å². The minimum atomic E-state index is 0.383. The average Bonchev–Trinajstić information content (AvgIpc) is 3.24. The molecule has 4 rings (SSSR count). The fourth-order valence-corrected chi connectivity index (χ4v) is 4.43. The Morgan fingerprint density at radius 2 is 2.15 bits per heavy atom. The molecule has 1 fully saturated rings. The Kier molecular flexibility index (Phi) is 4.71. The third kappa shape index (κ3) is 3.01. The molecule has 0 spiro atoms. The van der Waals surface area contributed by atoms with Crippen LogP contribution in [-0.4, -0.2) is 48.9 Å². The second kappa shape index (κ2) is 7.00. The van der Waals surface area contributed by atoms with Crippen LogP contribution < -0.4 is 5.73 Å². The maximum absolute atomic E-state index is 6.39. The van der Waals surface area contributed by atoms with Gasteiger partial charge in [0.1, 0.15) is 5.82 Å². The molecule has 0 amide bonds. The molecule has 4 heterocycles. The lowest BCUT2D eigenvalue weighted by Crippen LogP contribution is -2.35. The van der Waals surface area contributed by atoms with Gasteiger partial charge in [-0.3, -0.25) is 4.68 Å². The average molecular weight is 418 g/mol. The Hall–Kier alpha value is -1.93. The minimum absolute atomic E-state index is 0.383. The Morgan fingerprint density at radius 1 is 1.31 bits per heavy atom. The summed E-state index contributed by atoms with van der Waals surface area (Å²) in [5.41, 5.74) is 10.2. The zero-order chi connectivity index (χ0) is 18.3. The molecule has 0 radical (unpaired) electrons. The number of hydrogen-bond acceptors (Lipinski definition) is 5. The molecule has 138 valence electrons. The highest BCUT2D eigenvalue weighted by Crippen LogP contribution is 2.36. The summed E-state index contributed by atoms with van der Waals surface area (Å²) in [6, 6.07) is 0. The predicted molar refractivity (Wildman–Crippen MR) is 106 cm³/mol. The monoisotopic (exact) mass is 417 g/mol. The van der Waals surface area contributed by atoms with Crippen LogP contribution in [-0.2, 0) is 7.05 Å². The number of anilines is 1. The molecular weight excluding hydrogens is 394 g/mol. The zero-order valence-electron chi connectivity index (χ0n) is 15.2. The van der Waals surface area contributed by atoms with Crippen molar-refractivity contribution in [2.75, 3.05) is 25.4 Å². The number of aryl methyl sites for hydroxylation is 1. The van der Waals surface area contributed by atoms with E-state index < -0.39 is 0 Å². The first-order valence-electron chi connectivity index (χ1n) is 9.12. The summed E-state index contributed by atoms with van der Waals surface area (Å²) in [6.07, 6.45) is 9.13.